The Balaban J connectivity index is -0.000000425. The van der Waals surface area contributed by atoms with Crippen LogP contribution in [0, 0.1) is 6.92 Å². The van der Waals surface area contributed by atoms with Crippen molar-refractivity contribution in [1.29, 1.82) is 0 Å². The number of aromatic nitrogens is 1. The minimum atomic E-state index is -0.00532. The largest absolute Gasteiger partial charge is 0.358 e. The topological polar surface area (TPSA) is 32.9 Å². The van der Waals surface area contributed by atoms with Gasteiger partial charge in [0.1, 0.15) is 0 Å². The maximum Gasteiger partial charge on any atom is 0.189 e. The molecule has 0 atom stereocenters. The number of rotatable bonds is 2. The average molecular weight is 277 g/mol. The van der Waals surface area contributed by atoms with Crippen LogP contribution in [0.5, 0.6) is 0 Å². The molecule has 20 heavy (non-hydrogen) atoms. The fourth-order valence-corrected chi connectivity index (χ4v) is 1.26. The van der Waals surface area contributed by atoms with Gasteiger partial charge in [-0.25, -0.2) is 0 Å². The van der Waals surface area contributed by atoms with Crippen LogP contribution in [0.4, 0.5) is 0 Å². The zero-order valence-corrected chi connectivity index (χ0v) is 14.2. The molecule has 114 valence electrons. The number of aromatic amines is 1. The van der Waals surface area contributed by atoms with Gasteiger partial charge in [0, 0.05) is 22.3 Å². The smallest absolute Gasteiger partial charge is 0.189 e. The van der Waals surface area contributed by atoms with Crippen molar-refractivity contribution < 1.29 is 0 Å². The molecule has 0 aliphatic carbocycles. The Bertz CT molecular complexity index is 521. The zero-order chi connectivity index (χ0) is 16.6. The normalized spacial score (nSPS) is 9.95. The Morgan fingerprint density at radius 2 is 1.40 bits per heavy atom. The summed E-state index contributed by atoms with van der Waals surface area (Å²) in [5.74, 6) is 0. The molecule has 0 spiro atoms. The molecule has 0 bridgehead atoms. The van der Waals surface area contributed by atoms with E-state index in [0.29, 0.717) is 5.22 Å². The highest BCUT2D eigenvalue weighted by atomic mass is 16.1. The van der Waals surface area contributed by atoms with Gasteiger partial charge >= 0.3 is 0 Å². The molecule has 1 N–H and O–H groups in total. The molecule has 1 rings (SSSR count). The predicted molar refractivity (Wildman–Crippen MR) is 94.4 cm³/mol. The van der Waals surface area contributed by atoms with Gasteiger partial charge < -0.3 is 4.98 Å². The fourth-order valence-electron chi connectivity index (χ4n) is 1.26. The summed E-state index contributed by atoms with van der Waals surface area (Å²) in [6.45, 7) is 21.0. The summed E-state index contributed by atoms with van der Waals surface area (Å²) in [6.07, 6.45) is 6.70. The molecule has 1 heterocycles. The third-order valence-electron chi connectivity index (χ3n) is 1.80. The van der Waals surface area contributed by atoms with Crippen molar-refractivity contribution in [2.45, 2.75) is 48.5 Å². The summed E-state index contributed by atoms with van der Waals surface area (Å²) in [6, 6.07) is 1.57. The van der Waals surface area contributed by atoms with E-state index in [1.165, 1.54) is 0 Å². The third-order valence-corrected chi connectivity index (χ3v) is 1.80. The van der Waals surface area contributed by atoms with Crippen molar-refractivity contribution in [3.8, 4) is 0 Å². The number of hydrogen-bond acceptors (Lipinski definition) is 1. The summed E-state index contributed by atoms with van der Waals surface area (Å²) in [5, 5.41) is 1.38. The molecule has 2 heteroatoms. The molecule has 0 saturated carbocycles. The average Bonchev–Trinajstić information content (AvgIpc) is 2.49. The van der Waals surface area contributed by atoms with Crippen molar-refractivity contribution in [2.24, 2.45) is 0 Å². The van der Waals surface area contributed by atoms with E-state index >= 15 is 0 Å². The molecule has 0 aromatic carbocycles. The van der Waals surface area contributed by atoms with Gasteiger partial charge in [-0.2, -0.15) is 0 Å². The molecule has 1 aromatic rings. The first kappa shape index (κ1) is 23.3. The van der Waals surface area contributed by atoms with Crippen LogP contribution in [0.15, 0.2) is 36.2 Å². The number of pyridine rings is 1. The Morgan fingerprint density at radius 1 is 0.950 bits per heavy atom. The van der Waals surface area contributed by atoms with Crippen LogP contribution in [0.2, 0.25) is 0 Å². The minimum Gasteiger partial charge on any atom is -0.358 e. The molecule has 0 radical (unpaired) electrons. The van der Waals surface area contributed by atoms with E-state index in [-0.39, 0.29) is 5.43 Å². The van der Waals surface area contributed by atoms with Gasteiger partial charge in [0.15, 0.2) is 5.43 Å². The lowest BCUT2D eigenvalue weighted by atomic mass is 10.2. The first-order valence-corrected chi connectivity index (χ1v) is 7.34. The van der Waals surface area contributed by atoms with Gasteiger partial charge in [-0.3, -0.25) is 4.79 Å². The van der Waals surface area contributed by atoms with E-state index in [1.54, 1.807) is 30.4 Å². The predicted octanol–water partition coefficient (Wildman–Crippen LogP) is 3.69. The molecular formula is C18H31NO. The summed E-state index contributed by atoms with van der Waals surface area (Å²) in [5.41, 5.74) is 0.832. The van der Waals surface area contributed by atoms with Crippen LogP contribution in [-0.4, -0.2) is 4.98 Å². The SMILES string of the molecule is C=C/C=c1/[nH]c(C)cc(=O)/c1=C/C=C.CC.CC.CC. The standard InChI is InChI=1S/C12H13NO.3C2H6/c1-4-6-10-11(7-5-2)13-9(3)8-12(10)14;3*1-2/h4-8,13H,1-2H2,3H3;3*1-2H3/b10-6+,11-7+;;;. The van der Waals surface area contributed by atoms with Crippen molar-refractivity contribution >= 4 is 12.2 Å². The third kappa shape index (κ3) is 9.15. The van der Waals surface area contributed by atoms with Crippen LogP contribution in [-0.2, 0) is 0 Å². The molecule has 0 aliphatic heterocycles. The summed E-state index contributed by atoms with van der Waals surface area (Å²) in [4.78, 5) is 14.7. The van der Waals surface area contributed by atoms with Crippen molar-refractivity contribution in [3.63, 3.8) is 0 Å². The second-order valence-electron chi connectivity index (χ2n) is 2.95. The summed E-state index contributed by atoms with van der Waals surface area (Å²) < 4.78 is 0. The first-order chi connectivity index (χ1) is 9.69. The highest BCUT2D eigenvalue weighted by Gasteiger charge is 1.92. The van der Waals surface area contributed by atoms with Crippen molar-refractivity contribution in [1.82, 2.24) is 4.98 Å². The quantitative estimate of drug-likeness (QED) is 0.878. The van der Waals surface area contributed by atoms with E-state index in [2.05, 4.69) is 18.1 Å². The highest BCUT2D eigenvalue weighted by molar-refractivity contribution is 5.40. The molecule has 0 unspecified atom stereocenters. The van der Waals surface area contributed by atoms with E-state index in [9.17, 15) is 4.79 Å². The molecular weight excluding hydrogens is 246 g/mol. The number of aryl methyl sites for hydroxylation is 1. The van der Waals surface area contributed by atoms with E-state index in [0.717, 1.165) is 11.0 Å². The Kier molecular flexibility index (Phi) is 20.0. The first-order valence-electron chi connectivity index (χ1n) is 7.34. The molecule has 1 aromatic heterocycles. The molecule has 0 saturated heterocycles. The highest BCUT2D eigenvalue weighted by Crippen LogP contribution is 1.76. The summed E-state index contributed by atoms with van der Waals surface area (Å²) in [7, 11) is 0. The van der Waals surface area contributed by atoms with Crippen LogP contribution < -0.4 is 16.0 Å². The van der Waals surface area contributed by atoms with Crippen LogP contribution in [0.25, 0.3) is 12.2 Å². The van der Waals surface area contributed by atoms with Crippen LogP contribution in [0.1, 0.15) is 47.2 Å². The van der Waals surface area contributed by atoms with Gasteiger partial charge in [0.2, 0.25) is 0 Å². The molecule has 2 nitrogen and oxygen atoms in total. The number of nitrogens with one attached hydrogen (secondary N) is 1. The van der Waals surface area contributed by atoms with Crippen LogP contribution in [0.3, 0.4) is 0 Å². The molecule has 0 amide bonds. The molecule has 0 fully saturated rings. The Hall–Kier alpha value is -1.83. The second-order valence-corrected chi connectivity index (χ2v) is 2.95. The lowest BCUT2D eigenvalue weighted by molar-refractivity contribution is 1.11. The fraction of sp³-hybridized carbons (Fsp3) is 0.389. The van der Waals surface area contributed by atoms with Gasteiger partial charge in [0.05, 0.1) is 0 Å². The van der Waals surface area contributed by atoms with Gasteiger partial charge in [0.25, 0.3) is 0 Å². The van der Waals surface area contributed by atoms with Gasteiger partial charge in [-0.05, 0) is 19.1 Å². The maximum absolute atomic E-state index is 11.6. The molecule has 0 aliphatic rings. The maximum atomic E-state index is 11.6. The van der Waals surface area contributed by atoms with E-state index < -0.39 is 0 Å². The summed E-state index contributed by atoms with van der Waals surface area (Å²) >= 11 is 0. The monoisotopic (exact) mass is 277 g/mol. The Morgan fingerprint density at radius 3 is 1.80 bits per heavy atom. The second kappa shape index (κ2) is 17.2. The van der Waals surface area contributed by atoms with Crippen LogP contribution >= 0.6 is 0 Å². The van der Waals surface area contributed by atoms with Gasteiger partial charge in [-0.1, -0.05) is 66.9 Å². The number of allylic oxidation sites excluding steroid dienone is 2. The minimum absolute atomic E-state index is 0.00532. The van der Waals surface area contributed by atoms with Gasteiger partial charge in [-0.15, -0.1) is 0 Å². The van der Waals surface area contributed by atoms with Crippen molar-refractivity contribution in [2.75, 3.05) is 0 Å². The van der Waals surface area contributed by atoms with E-state index in [1.807, 2.05) is 48.5 Å². The number of H-pyrrole nitrogens is 1. The van der Waals surface area contributed by atoms with E-state index in [4.69, 9.17) is 0 Å². The lowest BCUT2D eigenvalue weighted by Gasteiger charge is -1.93. The lowest BCUT2D eigenvalue weighted by Crippen LogP contribution is -2.40. The van der Waals surface area contributed by atoms with Crippen molar-refractivity contribution in [3.05, 3.63) is 57.9 Å². The number of hydrogen-bond donors (Lipinski definition) is 1. The zero-order valence-electron chi connectivity index (χ0n) is 14.2. The Labute approximate surface area is 124 Å².